The Balaban J connectivity index is 2.41. The zero-order chi connectivity index (χ0) is 19.3. The van der Waals surface area contributed by atoms with Gasteiger partial charge in [0.1, 0.15) is 11.4 Å². The fourth-order valence-electron chi connectivity index (χ4n) is 3.36. The van der Waals surface area contributed by atoms with Gasteiger partial charge in [0.25, 0.3) is 0 Å². The van der Waals surface area contributed by atoms with Crippen molar-refractivity contribution in [1.29, 1.82) is 0 Å². The summed E-state index contributed by atoms with van der Waals surface area (Å²) in [4.78, 5) is 12.3. The smallest absolute Gasteiger partial charge is 0.185 e. The number of hydrogen-bond donors (Lipinski definition) is 1. The van der Waals surface area contributed by atoms with Crippen LogP contribution in [0.1, 0.15) is 18.9 Å². The summed E-state index contributed by atoms with van der Waals surface area (Å²) < 4.78 is 16.6. The molecule has 5 nitrogen and oxygen atoms in total. The molecule has 0 aliphatic heterocycles. The van der Waals surface area contributed by atoms with Crippen molar-refractivity contribution < 1.29 is 24.1 Å². The molecule has 2 rings (SSSR count). The molecule has 26 heavy (non-hydrogen) atoms. The van der Waals surface area contributed by atoms with E-state index in [1.807, 2.05) is 19.1 Å². The lowest BCUT2D eigenvalue weighted by molar-refractivity contribution is -0.112. The Morgan fingerprint density at radius 2 is 2.00 bits per heavy atom. The first-order valence-corrected chi connectivity index (χ1v) is 8.46. The van der Waals surface area contributed by atoms with Gasteiger partial charge in [0.2, 0.25) is 0 Å². The van der Waals surface area contributed by atoms with E-state index < -0.39 is 5.60 Å². The fraction of sp³-hybridized carbons (Fsp3) is 0.381. The molecule has 1 aromatic carbocycles. The van der Waals surface area contributed by atoms with Gasteiger partial charge in [0.15, 0.2) is 17.3 Å². The maximum atomic E-state index is 12.3. The predicted molar refractivity (Wildman–Crippen MR) is 100 cm³/mol. The molecule has 0 spiro atoms. The Morgan fingerprint density at radius 3 is 2.58 bits per heavy atom. The molecular formula is C21H26O5. The molecule has 0 radical (unpaired) electrons. The highest BCUT2D eigenvalue weighted by atomic mass is 16.5. The summed E-state index contributed by atoms with van der Waals surface area (Å²) in [6.45, 7) is 5.75. The molecule has 1 aliphatic rings. The second-order valence-corrected chi connectivity index (χ2v) is 6.35. The van der Waals surface area contributed by atoms with Crippen molar-refractivity contribution in [3.63, 3.8) is 0 Å². The zero-order valence-electron chi connectivity index (χ0n) is 15.7. The van der Waals surface area contributed by atoms with Crippen molar-refractivity contribution in [2.75, 3.05) is 21.3 Å². The summed E-state index contributed by atoms with van der Waals surface area (Å²) in [6, 6.07) is 5.25. The van der Waals surface area contributed by atoms with E-state index in [1.165, 1.54) is 20.3 Å². The van der Waals surface area contributed by atoms with Crippen molar-refractivity contribution in [3.05, 3.63) is 59.9 Å². The van der Waals surface area contributed by atoms with Crippen LogP contribution in [0.25, 0.3) is 0 Å². The van der Waals surface area contributed by atoms with Gasteiger partial charge in [-0.05, 0) is 36.6 Å². The number of ether oxygens (including phenoxy) is 3. The molecule has 0 aromatic heterocycles. The lowest BCUT2D eigenvalue weighted by atomic mass is 9.77. The van der Waals surface area contributed by atoms with Gasteiger partial charge in [0.05, 0.1) is 14.2 Å². The predicted octanol–water partition coefficient (Wildman–Crippen LogP) is 3.58. The van der Waals surface area contributed by atoms with Crippen LogP contribution in [0.2, 0.25) is 0 Å². The topological polar surface area (TPSA) is 65.0 Å². The SMILES string of the molecule is C=CCC1=C[C@](OC)([C@H](C)Cc2ccc(O)c(OC)c2)C(OC)=CC1=O. The summed E-state index contributed by atoms with van der Waals surface area (Å²) in [6.07, 6.45) is 6.15. The van der Waals surface area contributed by atoms with E-state index in [9.17, 15) is 9.90 Å². The second-order valence-electron chi connectivity index (χ2n) is 6.35. The molecule has 0 amide bonds. The average Bonchev–Trinajstić information content (AvgIpc) is 2.64. The highest BCUT2D eigenvalue weighted by Gasteiger charge is 2.43. The molecule has 0 fully saturated rings. The van der Waals surface area contributed by atoms with Gasteiger partial charge in [-0.15, -0.1) is 6.58 Å². The number of phenols is 1. The van der Waals surface area contributed by atoms with Gasteiger partial charge in [0, 0.05) is 24.7 Å². The monoisotopic (exact) mass is 358 g/mol. The molecule has 0 heterocycles. The van der Waals surface area contributed by atoms with E-state index in [1.54, 1.807) is 25.3 Å². The van der Waals surface area contributed by atoms with Crippen molar-refractivity contribution in [3.8, 4) is 11.5 Å². The summed E-state index contributed by atoms with van der Waals surface area (Å²) in [5.41, 5.74) is 0.763. The first-order chi connectivity index (χ1) is 12.4. The minimum absolute atomic E-state index is 0.0409. The van der Waals surface area contributed by atoms with Crippen LogP contribution in [0.3, 0.4) is 0 Å². The third kappa shape index (κ3) is 3.68. The minimum Gasteiger partial charge on any atom is -0.504 e. The quantitative estimate of drug-likeness (QED) is 0.720. The average molecular weight is 358 g/mol. The van der Waals surface area contributed by atoms with Gasteiger partial charge in [-0.3, -0.25) is 4.79 Å². The lowest BCUT2D eigenvalue weighted by Crippen LogP contribution is -2.43. The van der Waals surface area contributed by atoms with Crippen LogP contribution < -0.4 is 4.74 Å². The number of carbonyl (C=O) groups is 1. The van der Waals surface area contributed by atoms with Gasteiger partial charge < -0.3 is 19.3 Å². The summed E-state index contributed by atoms with van der Waals surface area (Å²) in [5, 5.41) is 9.78. The minimum atomic E-state index is -0.855. The van der Waals surface area contributed by atoms with Gasteiger partial charge in [-0.25, -0.2) is 0 Å². The molecule has 0 bridgehead atoms. The third-order valence-electron chi connectivity index (χ3n) is 4.79. The van der Waals surface area contributed by atoms with E-state index >= 15 is 0 Å². The largest absolute Gasteiger partial charge is 0.504 e. The van der Waals surface area contributed by atoms with E-state index in [-0.39, 0.29) is 17.5 Å². The molecule has 0 unspecified atom stereocenters. The lowest BCUT2D eigenvalue weighted by Gasteiger charge is -2.39. The van der Waals surface area contributed by atoms with E-state index in [4.69, 9.17) is 14.2 Å². The molecule has 1 aromatic rings. The van der Waals surface area contributed by atoms with Crippen LogP contribution in [0.4, 0.5) is 0 Å². The van der Waals surface area contributed by atoms with Crippen molar-refractivity contribution in [1.82, 2.24) is 0 Å². The third-order valence-corrected chi connectivity index (χ3v) is 4.79. The number of benzene rings is 1. The van der Waals surface area contributed by atoms with Crippen LogP contribution in [-0.4, -0.2) is 37.8 Å². The Morgan fingerprint density at radius 1 is 1.27 bits per heavy atom. The molecule has 0 saturated carbocycles. The van der Waals surface area contributed by atoms with E-state index in [0.717, 1.165) is 5.56 Å². The zero-order valence-corrected chi connectivity index (χ0v) is 15.7. The van der Waals surface area contributed by atoms with Crippen molar-refractivity contribution in [2.24, 2.45) is 5.92 Å². The van der Waals surface area contributed by atoms with E-state index in [0.29, 0.717) is 29.9 Å². The standard InChI is InChI=1S/C21H26O5/c1-6-7-16-13-21(26-5,20(25-4)12-18(16)23)14(2)10-15-8-9-17(22)19(11-15)24-3/h6,8-9,11-14,22H,1,7,10H2,2-5H3/t14-,21+/m1/s1. The van der Waals surface area contributed by atoms with Crippen LogP contribution in [-0.2, 0) is 20.7 Å². The Kier molecular flexibility index (Phi) is 6.27. The number of ketones is 1. The van der Waals surface area contributed by atoms with Crippen LogP contribution in [0.15, 0.2) is 54.3 Å². The van der Waals surface area contributed by atoms with E-state index in [2.05, 4.69) is 6.58 Å². The highest BCUT2D eigenvalue weighted by molar-refractivity contribution is 6.06. The number of methoxy groups -OCH3 is 3. The Bertz CT molecular complexity index is 747. The molecule has 1 aliphatic carbocycles. The number of allylic oxidation sites excluding steroid dienone is 3. The van der Waals surface area contributed by atoms with Gasteiger partial charge in [-0.2, -0.15) is 0 Å². The molecule has 1 N–H and O–H groups in total. The molecule has 140 valence electrons. The van der Waals surface area contributed by atoms with Crippen LogP contribution >= 0.6 is 0 Å². The van der Waals surface area contributed by atoms with Gasteiger partial charge in [-0.1, -0.05) is 19.1 Å². The number of aromatic hydroxyl groups is 1. The maximum absolute atomic E-state index is 12.3. The number of hydrogen-bond acceptors (Lipinski definition) is 5. The summed E-state index contributed by atoms with van der Waals surface area (Å²) in [7, 11) is 4.66. The van der Waals surface area contributed by atoms with Gasteiger partial charge >= 0.3 is 0 Å². The Labute approximate surface area is 154 Å². The van der Waals surface area contributed by atoms with Crippen molar-refractivity contribution >= 4 is 5.78 Å². The summed E-state index contributed by atoms with van der Waals surface area (Å²) >= 11 is 0. The second kappa shape index (κ2) is 8.23. The number of phenolic OH excluding ortho intramolecular Hbond substituents is 1. The molecule has 2 atom stereocenters. The number of rotatable bonds is 8. The van der Waals surface area contributed by atoms with Crippen LogP contribution in [0.5, 0.6) is 11.5 Å². The van der Waals surface area contributed by atoms with Crippen molar-refractivity contribution in [2.45, 2.75) is 25.4 Å². The summed E-state index contributed by atoms with van der Waals surface area (Å²) in [5.74, 6) is 0.870. The van der Waals surface area contributed by atoms with Crippen LogP contribution in [0, 0.1) is 5.92 Å². The maximum Gasteiger partial charge on any atom is 0.185 e. The fourth-order valence-corrected chi connectivity index (χ4v) is 3.36. The first kappa shape index (κ1) is 19.8. The first-order valence-electron chi connectivity index (χ1n) is 8.46. The normalized spacial score (nSPS) is 20.8. The Hall–Kier alpha value is -2.53. The number of carbonyl (C=O) groups excluding carboxylic acids is 1. The highest BCUT2D eigenvalue weighted by Crippen LogP contribution is 2.39. The molecule has 0 saturated heterocycles. The molecular weight excluding hydrogens is 332 g/mol. The molecule has 5 heteroatoms.